The minimum atomic E-state index is -1.95. The first kappa shape index (κ1) is 21.4. The lowest BCUT2D eigenvalue weighted by Crippen LogP contribution is -2.40. The SMILES string of the molecule is C[Si](C)(C)OC(/C=C/n1c2ccccc2c2ccccc21)(c1ccccc1)c1ccccc1. The predicted octanol–water partition coefficient (Wildman–Crippen LogP) is 8.06. The molecule has 0 spiro atoms. The van der Waals surface area contributed by atoms with Gasteiger partial charge < -0.3 is 8.99 Å². The van der Waals surface area contributed by atoms with Gasteiger partial charge in [-0.05, 0) is 49.0 Å². The zero-order valence-electron chi connectivity index (χ0n) is 19.4. The van der Waals surface area contributed by atoms with E-state index in [1.165, 1.54) is 21.8 Å². The average molecular weight is 448 g/mol. The second-order valence-electron chi connectivity index (χ2n) is 9.40. The van der Waals surface area contributed by atoms with E-state index >= 15 is 0 Å². The molecule has 0 aliphatic rings. The highest BCUT2D eigenvalue weighted by atomic mass is 28.4. The highest BCUT2D eigenvalue weighted by Gasteiger charge is 2.37. The zero-order chi connectivity index (χ0) is 22.9. The van der Waals surface area contributed by atoms with Gasteiger partial charge in [0.25, 0.3) is 0 Å². The van der Waals surface area contributed by atoms with Gasteiger partial charge in [-0.2, -0.15) is 0 Å². The Hall–Kier alpha value is -3.40. The molecule has 0 radical (unpaired) electrons. The van der Waals surface area contributed by atoms with Crippen molar-refractivity contribution in [3.63, 3.8) is 0 Å². The lowest BCUT2D eigenvalue weighted by Gasteiger charge is -2.38. The number of benzene rings is 4. The van der Waals surface area contributed by atoms with Crippen LogP contribution in [0.2, 0.25) is 19.6 Å². The normalized spacial score (nSPS) is 12.7. The van der Waals surface area contributed by atoms with E-state index in [1.54, 1.807) is 0 Å². The van der Waals surface area contributed by atoms with Crippen molar-refractivity contribution in [3.8, 4) is 0 Å². The molecule has 1 heterocycles. The van der Waals surface area contributed by atoms with Gasteiger partial charge in [-0.3, -0.25) is 0 Å². The van der Waals surface area contributed by atoms with Crippen molar-refractivity contribution in [1.29, 1.82) is 0 Å². The maximum absolute atomic E-state index is 7.06. The number of fused-ring (bicyclic) bond motifs is 3. The number of nitrogens with zero attached hydrogens (tertiary/aromatic N) is 1. The van der Waals surface area contributed by atoms with Crippen LogP contribution in [0.25, 0.3) is 28.0 Å². The third-order valence-electron chi connectivity index (χ3n) is 5.95. The molecule has 0 saturated carbocycles. The van der Waals surface area contributed by atoms with Gasteiger partial charge in [0.1, 0.15) is 5.60 Å². The second-order valence-corrected chi connectivity index (χ2v) is 13.8. The molecule has 0 N–H and O–H groups in total. The molecular formula is C30H29NOSi. The van der Waals surface area contributed by atoms with Gasteiger partial charge in [-0.15, -0.1) is 0 Å². The van der Waals surface area contributed by atoms with E-state index in [2.05, 4.69) is 146 Å². The van der Waals surface area contributed by atoms with Gasteiger partial charge >= 0.3 is 0 Å². The Morgan fingerprint density at radius 2 is 1.03 bits per heavy atom. The predicted molar refractivity (Wildman–Crippen MR) is 143 cm³/mol. The molecule has 0 fully saturated rings. The summed E-state index contributed by atoms with van der Waals surface area (Å²) >= 11 is 0. The minimum Gasteiger partial charge on any atom is -0.401 e. The van der Waals surface area contributed by atoms with Crippen LogP contribution in [0.4, 0.5) is 0 Å². The Bertz CT molecular complexity index is 1320. The third kappa shape index (κ3) is 4.06. The summed E-state index contributed by atoms with van der Waals surface area (Å²) in [6.45, 7) is 6.76. The van der Waals surface area contributed by atoms with Crippen LogP contribution in [0.15, 0.2) is 115 Å². The molecule has 5 aromatic rings. The summed E-state index contributed by atoms with van der Waals surface area (Å²) in [7, 11) is -1.95. The monoisotopic (exact) mass is 447 g/mol. The number of aromatic nitrogens is 1. The van der Waals surface area contributed by atoms with Crippen LogP contribution in [0.3, 0.4) is 0 Å². The van der Waals surface area contributed by atoms with Crippen molar-refractivity contribution in [2.45, 2.75) is 25.2 Å². The van der Waals surface area contributed by atoms with Crippen LogP contribution in [0.5, 0.6) is 0 Å². The van der Waals surface area contributed by atoms with Crippen molar-refractivity contribution in [3.05, 3.63) is 126 Å². The standard InChI is InChI=1S/C30H29NOSi/c1-33(2,3)32-30(24-14-6-4-7-15-24,25-16-8-5-9-17-25)22-23-31-28-20-12-10-18-26(28)27-19-11-13-21-29(27)31/h4-23H,1-3H3/b23-22+. The molecule has 0 bridgehead atoms. The number of rotatable bonds is 6. The van der Waals surface area contributed by atoms with Gasteiger partial charge in [0.15, 0.2) is 8.32 Å². The first-order valence-corrected chi connectivity index (χ1v) is 14.9. The summed E-state index contributed by atoms with van der Waals surface area (Å²) in [5.41, 5.74) is 3.97. The van der Waals surface area contributed by atoms with Crippen molar-refractivity contribution < 1.29 is 4.43 Å². The summed E-state index contributed by atoms with van der Waals surface area (Å²) in [5, 5.41) is 2.52. The summed E-state index contributed by atoms with van der Waals surface area (Å²) in [5.74, 6) is 0. The Morgan fingerprint density at radius 1 is 0.606 bits per heavy atom. The summed E-state index contributed by atoms with van der Waals surface area (Å²) < 4.78 is 9.35. The zero-order valence-corrected chi connectivity index (χ0v) is 20.4. The molecule has 33 heavy (non-hydrogen) atoms. The van der Waals surface area contributed by atoms with E-state index < -0.39 is 13.9 Å². The quantitative estimate of drug-likeness (QED) is 0.240. The molecule has 5 rings (SSSR count). The number of hydrogen-bond acceptors (Lipinski definition) is 1. The topological polar surface area (TPSA) is 14.2 Å². The molecule has 2 nitrogen and oxygen atoms in total. The number of hydrogen-bond donors (Lipinski definition) is 0. The van der Waals surface area contributed by atoms with Crippen molar-refractivity contribution >= 4 is 36.3 Å². The van der Waals surface area contributed by atoms with E-state index in [1.807, 2.05) is 0 Å². The molecule has 1 aromatic heterocycles. The maximum atomic E-state index is 7.06. The van der Waals surface area contributed by atoms with Gasteiger partial charge in [-0.1, -0.05) is 97.1 Å². The van der Waals surface area contributed by atoms with E-state index in [-0.39, 0.29) is 0 Å². The molecule has 0 amide bonds. The highest BCUT2D eigenvalue weighted by molar-refractivity contribution is 6.69. The van der Waals surface area contributed by atoms with E-state index in [0.717, 1.165) is 11.1 Å². The van der Waals surface area contributed by atoms with Crippen LogP contribution in [-0.4, -0.2) is 12.9 Å². The Labute approximate surface area is 196 Å². The molecule has 4 aromatic carbocycles. The van der Waals surface area contributed by atoms with E-state index in [4.69, 9.17) is 4.43 Å². The third-order valence-corrected chi connectivity index (χ3v) is 6.88. The van der Waals surface area contributed by atoms with Crippen molar-refractivity contribution in [2.75, 3.05) is 0 Å². The van der Waals surface area contributed by atoms with Crippen molar-refractivity contribution in [2.24, 2.45) is 0 Å². The van der Waals surface area contributed by atoms with Gasteiger partial charge in [-0.25, -0.2) is 0 Å². The van der Waals surface area contributed by atoms with Gasteiger partial charge in [0.2, 0.25) is 0 Å². The largest absolute Gasteiger partial charge is 0.401 e. The molecule has 0 saturated heterocycles. The summed E-state index contributed by atoms with van der Waals surface area (Å²) in [4.78, 5) is 0. The minimum absolute atomic E-state index is 0.681. The van der Waals surface area contributed by atoms with Crippen molar-refractivity contribution in [1.82, 2.24) is 4.57 Å². The molecule has 0 atom stereocenters. The van der Waals surface area contributed by atoms with Gasteiger partial charge in [0, 0.05) is 17.0 Å². The fourth-order valence-electron chi connectivity index (χ4n) is 4.66. The lowest BCUT2D eigenvalue weighted by atomic mass is 9.86. The lowest BCUT2D eigenvalue weighted by molar-refractivity contribution is 0.156. The molecule has 3 heteroatoms. The first-order chi connectivity index (χ1) is 16.0. The van der Waals surface area contributed by atoms with Gasteiger partial charge in [0.05, 0.1) is 11.0 Å². The summed E-state index contributed by atoms with van der Waals surface area (Å²) in [6, 6.07) is 38.4. The van der Waals surface area contributed by atoms with E-state index in [9.17, 15) is 0 Å². The van der Waals surface area contributed by atoms with Crippen LogP contribution in [0, 0.1) is 0 Å². The Kier molecular flexibility index (Phi) is 5.53. The maximum Gasteiger partial charge on any atom is 0.185 e. The molecule has 164 valence electrons. The average Bonchev–Trinajstić information content (AvgIpc) is 3.16. The van der Waals surface area contributed by atoms with Crippen LogP contribution in [0.1, 0.15) is 11.1 Å². The molecule has 0 aliphatic heterocycles. The fourth-order valence-corrected chi connectivity index (χ4v) is 5.93. The summed E-state index contributed by atoms with van der Waals surface area (Å²) in [6.07, 6.45) is 4.44. The van der Waals surface area contributed by atoms with Crippen LogP contribution < -0.4 is 0 Å². The second kappa shape index (κ2) is 8.51. The Balaban J connectivity index is 1.78. The fraction of sp³-hybridized carbons (Fsp3) is 0.133. The first-order valence-electron chi connectivity index (χ1n) is 11.5. The molecule has 0 unspecified atom stereocenters. The van der Waals surface area contributed by atoms with Crippen LogP contribution in [-0.2, 0) is 10.0 Å². The molecular weight excluding hydrogens is 418 g/mol. The molecule has 0 aliphatic carbocycles. The van der Waals surface area contributed by atoms with E-state index in [0.29, 0.717) is 0 Å². The highest BCUT2D eigenvalue weighted by Crippen LogP contribution is 2.39. The number of para-hydroxylation sites is 2. The smallest absolute Gasteiger partial charge is 0.185 e. The van der Waals surface area contributed by atoms with Crippen LogP contribution >= 0.6 is 0 Å². The Morgan fingerprint density at radius 3 is 1.48 bits per heavy atom.